The molecular weight excluding hydrogens is 417 g/mol. The van der Waals surface area contributed by atoms with Crippen LogP contribution in [0.2, 0.25) is 0 Å². The fourth-order valence-corrected chi connectivity index (χ4v) is 4.59. The molecular formula is C23H25F3N6. The third kappa shape index (κ3) is 3.67. The summed E-state index contributed by atoms with van der Waals surface area (Å²) in [4.78, 5) is 12.9. The van der Waals surface area contributed by atoms with Crippen LogP contribution in [0, 0.1) is 11.8 Å². The van der Waals surface area contributed by atoms with Crippen LogP contribution in [0.5, 0.6) is 0 Å². The Labute approximate surface area is 183 Å². The lowest BCUT2D eigenvalue weighted by Gasteiger charge is -2.18. The smallest absolute Gasteiger partial charge is 0.364 e. The van der Waals surface area contributed by atoms with E-state index in [-0.39, 0.29) is 17.3 Å². The molecule has 0 aliphatic heterocycles. The monoisotopic (exact) mass is 442 g/mol. The van der Waals surface area contributed by atoms with E-state index in [0.717, 1.165) is 35.8 Å². The topological polar surface area (TPSA) is 67.7 Å². The summed E-state index contributed by atoms with van der Waals surface area (Å²) in [5.41, 5.74) is 0.480. The Hall–Kier alpha value is -2.84. The third-order valence-corrected chi connectivity index (χ3v) is 6.88. The van der Waals surface area contributed by atoms with Gasteiger partial charge >= 0.3 is 6.18 Å². The van der Waals surface area contributed by atoms with Gasteiger partial charge in [-0.1, -0.05) is 0 Å². The van der Waals surface area contributed by atoms with Crippen molar-refractivity contribution in [1.29, 1.82) is 0 Å². The number of fused-ring (bicyclic) bond motifs is 1. The molecule has 3 fully saturated rings. The van der Waals surface area contributed by atoms with Crippen LogP contribution < -0.4 is 10.6 Å². The van der Waals surface area contributed by atoms with Crippen LogP contribution in [0.4, 0.5) is 30.6 Å². The van der Waals surface area contributed by atoms with E-state index in [4.69, 9.17) is 0 Å². The normalized spacial score (nSPS) is 20.0. The molecule has 6 nitrogen and oxygen atoms in total. The summed E-state index contributed by atoms with van der Waals surface area (Å²) in [5.74, 6) is 1.34. The number of nitrogens with one attached hydrogen (secondary N) is 2. The van der Waals surface area contributed by atoms with Gasteiger partial charge in [-0.3, -0.25) is 0 Å². The Morgan fingerprint density at radius 3 is 2.47 bits per heavy atom. The third-order valence-electron chi connectivity index (χ3n) is 6.88. The molecule has 3 aliphatic rings. The highest BCUT2D eigenvalue weighted by Crippen LogP contribution is 2.53. The van der Waals surface area contributed by atoms with Gasteiger partial charge in [-0.05, 0) is 69.4 Å². The van der Waals surface area contributed by atoms with E-state index in [1.165, 1.54) is 25.7 Å². The summed E-state index contributed by atoms with van der Waals surface area (Å²) in [6, 6.07) is 4.28. The van der Waals surface area contributed by atoms with Gasteiger partial charge in [-0.15, -0.1) is 0 Å². The second-order valence-corrected chi connectivity index (χ2v) is 9.75. The molecule has 0 bridgehead atoms. The average molecular weight is 442 g/mol. The van der Waals surface area contributed by atoms with Gasteiger partial charge in [0, 0.05) is 35.6 Å². The van der Waals surface area contributed by atoms with Crippen LogP contribution in [-0.4, -0.2) is 25.1 Å². The zero-order valence-electron chi connectivity index (χ0n) is 17.8. The van der Waals surface area contributed by atoms with Crippen molar-refractivity contribution in [3.05, 3.63) is 36.3 Å². The molecule has 32 heavy (non-hydrogen) atoms. The van der Waals surface area contributed by atoms with Crippen LogP contribution in [0.15, 0.2) is 30.7 Å². The van der Waals surface area contributed by atoms with Crippen molar-refractivity contribution in [2.45, 2.75) is 63.2 Å². The minimum atomic E-state index is -4.52. The Bertz CT molecular complexity index is 1160. The first-order valence-electron chi connectivity index (χ1n) is 11.3. The minimum Gasteiger partial charge on any atom is -0.364 e. The molecule has 3 aromatic rings. The molecule has 168 valence electrons. The van der Waals surface area contributed by atoms with Gasteiger partial charge in [0.2, 0.25) is 5.95 Å². The fraction of sp³-hybridized carbons (Fsp3) is 0.522. The number of rotatable bonds is 7. The van der Waals surface area contributed by atoms with E-state index in [1.54, 1.807) is 6.20 Å². The molecule has 9 heteroatoms. The number of pyridine rings is 1. The highest BCUT2D eigenvalue weighted by molar-refractivity contribution is 5.92. The summed E-state index contributed by atoms with van der Waals surface area (Å²) in [6.45, 7) is 1.90. The van der Waals surface area contributed by atoms with Gasteiger partial charge in [0.15, 0.2) is 0 Å². The zero-order chi connectivity index (χ0) is 22.1. The van der Waals surface area contributed by atoms with Crippen LogP contribution >= 0.6 is 0 Å². The second-order valence-electron chi connectivity index (χ2n) is 9.75. The molecule has 6 rings (SSSR count). The molecule has 0 radical (unpaired) electrons. The lowest BCUT2D eigenvalue weighted by molar-refractivity contribution is -0.137. The molecule has 0 saturated heterocycles. The maximum absolute atomic E-state index is 13.5. The fourth-order valence-electron chi connectivity index (χ4n) is 4.59. The standard InChI is InChI=1S/C23H25F3N6/c1-22(8-9-22)31-19-16(23(24,25)26)11-28-21(30-19)29-17-12-32(20-15(17)3-2-10-27-20)18(13-4-5-13)14-6-7-14/h2-3,10-14,18H,4-9H2,1H3,(H2,28,29,30,31). The molecule has 0 aromatic carbocycles. The molecule has 0 unspecified atom stereocenters. The molecule has 0 atom stereocenters. The molecule has 3 aliphatic carbocycles. The number of alkyl halides is 3. The second kappa shape index (κ2) is 6.83. The highest BCUT2D eigenvalue weighted by atomic mass is 19.4. The van der Waals surface area contributed by atoms with Crippen molar-refractivity contribution in [3.63, 3.8) is 0 Å². The van der Waals surface area contributed by atoms with Crippen molar-refractivity contribution in [2.24, 2.45) is 11.8 Å². The maximum atomic E-state index is 13.5. The van der Waals surface area contributed by atoms with Crippen molar-refractivity contribution >= 4 is 28.5 Å². The maximum Gasteiger partial charge on any atom is 0.421 e. The van der Waals surface area contributed by atoms with E-state index in [2.05, 4.69) is 30.2 Å². The van der Waals surface area contributed by atoms with Crippen LogP contribution in [-0.2, 0) is 6.18 Å². The van der Waals surface area contributed by atoms with Gasteiger partial charge in [0.1, 0.15) is 17.0 Å². The Kier molecular flexibility index (Phi) is 4.23. The number of aromatic nitrogens is 4. The SMILES string of the molecule is CC1(Nc2nc(Nc3cn(C(C4CC4)C4CC4)c4ncccc34)ncc2C(F)(F)F)CC1. The zero-order valence-corrected chi connectivity index (χ0v) is 17.8. The first kappa shape index (κ1) is 19.8. The molecule has 3 saturated carbocycles. The number of anilines is 3. The average Bonchev–Trinajstić information content (AvgIpc) is 3.60. The quantitative estimate of drug-likeness (QED) is 0.476. The first-order valence-corrected chi connectivity index (χ1v) is 11.3. The van der Waals surface area contributed by atoms with Crippen LogP contribution in [0.1, 0.15) is 57.1 Å². The van der Waals surface area contributed by atoms with Gasteiger partial charge in [0.05, 0.1) is 5.69 Å². The Balaban J connectivity index is 1.37. The van der Waals surface area contributed by atoms with E-state index in [0.29, 0.717) is 17.9 Å². The van der Waals surface area contributed by atoms with Crippen molar-refractivity contribution in [3.8, 4) is 0 Å². The Morgan fingerprint density at radius 1 is 1.12 bits per heavy atom. The number of hydrogen-bond acceptors (Lipinski definition) is 5. The summed E-state index contributed by atoms with van der Waals surface area (Å²) in [6.07, 6.45) is 6.77. The molecule has 3 heterocycles. The predicted octanol–water partition coefficient (Wildman–Crippen LogP) is 5.91. The first-order chi connectivity index (χ1) is 15.3. The van der Waals surface area contributed by atoms with E-state index in [1.807, 2.05) is 25.3 Å². The summed E-state index contributed by atoms with van der Waals surface area (Å²) >= 11 is 0. The summed E-state index contributed by atoms with van der Waals surface area (Å²) in [7, 11) is 0. The van der Waals surface area contributed by atoms with Gasteiger partial charge in [0.25, 0.3) is 0 Å². The van der Waals surface area contributed by atoms with Crippen molar-refractivity contribution in [1.82, 2.24) is 19.5 Å². The number of hydrogen-bond donors (Lipinski definition) is 2. The van der Waals surface area contributed by atoms with Gasteiger partial charge in [-0.2, -0.15) is 18.2 Å². The lowest BCUT2D eigenvalue weighted by Crippen LogP contribution is -2.21. The Morgan fingerprint density at radius 2 is 1.84 bits per heavy atom. The van der Waals surface area contributed by atoms with Gasteiger partial charge in [-0.25, -0.2) is 9.97 Å². The molecule has 2 N–H and O–H groups in total. The largest absolute Gasteiger partial charge is 0.421 e. The van der Waals surface area contributed by atoms with Crippen molar-refractivity contribution in [2.75, 3.05) is 10.6 Å². The lowest BCUT2D eigenvalue weighted by atomic mass is 10.1. The molecule has 0 amide bonds. The number of halogens is 3. The number of nitrogens with zero attached hydrogens (tertiary/aromatic N) is 4. The van der Waals surface area contributed by atoms with Gasteiger partial charge < -0.3 is 15.2 Å². The van der Waals surface area contributed by atoms with E-state index in [9.17, 15) is 13.2 Å². The van der Waals surface area contributed by atoms with Crippen molar-refractivity contribution < 1.29 is 13.2 Å². The van der Waals surface area contributed by atoms with E-state index >= 15 is 0 Å². The minimum absolute atomic E-state index is 0.141. The summed E-state index contributed by atoms with van der Waals surface area (Å²) in [5, 5.41) is 7.07. The van der Waals surface area contributed by atoms with Crippen LogP contribution in [0.25, 0.3) is 11.0 Å². The predicted molar refractivity (Wildman–Crippen MR) is 116 cm³/mol. The summed E-state index contributed by atoms with van der Waals surface area (Å²) < 4.78 is 42.8. The van der Waals surface area contributed by atoms with E-state index < -0.39 is 11.7 Å². The molecule has 3 aromatic heterocycles. The van der Waals surface area contributed by atoms with Crippen LogP contribution in [0.3, 0.4) is 0 Å². The molecule has 0 spiro atoms. The highest BCUT2D eigenvalue weighted by Gasteiger charge is 2.44.